The molecule has 0 spiro atoms. The molecule has 0 aliphatic heterocycles. The molecule has 3 aromatic carbocycles. The zero-order valence-corrected chi connectivity index (χ0v) is 23.0. The van der Waals surface area contributed by atoms with Crippen molar-refractivity contribution in [1.29, 1.82) is 0 Å². The molecule has 0 heterocycles. The molecule has 0 aromatic heterocycles. The van der Waals surface area contributed by atoms with E-state index < -0.39 is 34.3 Å². The highest BCUT2D eigenvalue weighted by Crippen LogP contribution is 2.25. The van der Waals surface area contributed by atoms with E-state index in [0.29, 0.717) is 6.54 Å². The fraction of sp³-hybridized carbons (Fsp3) is 0.310. The topological polar surface area (TPSA) is 86.8 Å². The van der Waals surface area contributed by atoms with Crippen molar-refractivity contribution in [3.05, 3.63) is 95.3 Å². The Hall–Kier alpha value is -3.72. The van der Waals surface area contributed by atoms with Gasteiger partial charge in [0, 0.05) is 13.1 Å². The van der Waals surface area contributed by atoms with Crippen molar-refractivity contribution in [2.24, 2.45) is 0 Å². The second-order valence-electron chi connectivity index (χ2n) is 9.22. The SMILES string of the molecule is CCCNC(=O)[C@H](C)N(Cc1ccccc1C)C(=O)CN(c1ccc(C)cc1)S(=O)(=O)c1ccc(F)cc1. The molecule has 1 atom stereocenters. The Morgan fingerprint density at radius 2 is 1.58 bits per heavy atom. The number of anilines is 1. The van der Waals surface area contributed by atoms with Crippen molar-refractivity contribution in [3.63, 3.8) is 0 Å². The zero-order chi connectivity index (χ0) is 27.9. The highest BCUT2D eigenvalue weighted by atomic mass is 32.2. The average Bonchev–Trinajstić information content (AvgIpc) is 2.90. The number of nitrogens with one attached hydrogen (secondary N) is 1. The van der Waals surface area contributed by atoms with Crippen LogP contribution in [0.5, 0.6) is 0 Å². The number of halogens is 1. The predicted molar refractivity (Wildman–Crippen MR) is 147 cm³/mol. The van der Waals surface area contributed by atoms with Crippen molar-refractivity contribution in [3.8, 4) is 0 Å². The first-order valence-corrected chi connectivity index (χ1v) is 13.9. The minimum Gasteiger partial charge on any atom is -0.354 e. The van der Waals surface area contributed by atoms with E-state index in [0.717, 1.165) is 39.5 Å². The summed E-state index contributed by atoms with van der Waals surface area (Å²) in [6, 6.07) is 17.9. The number of hydrogen-bond donors (Lipinski definition) is 1. The van der Waals surface area contributed by atoms with Gasteiger partial charge < -0.3 is 10.2 Å². The van der Waals surface area contributed by atoms with E-state index in [9.17, 15) is 22.4 Å². The maximum atomic E-state index is 13.8. The molecule has 0 saturated carbocycles. The van der Waals surface area contributed by atoms with Gasteiger partial charge in [-0.3, -0.25) is 13.9 Å². The molecule has 202 valence electrons. The lowest BCUT2D eigenvalue weighted by Gasteiger charge is -2.32. The number of nitrogens with zero attached hydrogens (tertiary/aromatic N) is 2. The lowest BCUT2D eigenvalue weighted by Crippen LogP contribution is -2.51. The fourth-order valence-corrected chi connectivity index (χ4v) is 5.34. The van der Waals surface area contributed by atoms with Gasteiger partial charge in [0.1, 0.15) is 18.4 Å². The summed E-state index contributed by atoms with van der Waals surface area (Å²) in [5.41, 5.74) is 2.99. The molecule has 1 N–H and O–H groups in total. The summed E-state index contributed by atoms with van der Waals surface area (Å²) >= 11 is 0. The first kappa shape index (κ1) is 28.8. The van der Waals surface area contributed by atoms with Crippen LogP contribution in [0.15, 0.2) is 77.7 Å². The van der Waals surface area contributed by atoms with Crippen LogP contribution in [0.25, 0.3) is 0 Å². The number of hydrogen-bond acceptors (Lipinski definition) is 4. The second-order valence-corrected chi connectivity index (χ2v) is 11.1. The van der Waals surface area contributed by atoms with Crippen LogP contribution in [-0.4, -0.2) is 44.3 Å². The smallest absolute Gasteiger partial charge is 0.264 e. The summed E-state index contributed by atoms with van der Waals surface area (Å²) in [5, 5.41) is 2.82. The lowest BCUT2D eigenvalue weighted by atomic mass is 10.1. The average molecular weight is 540 g/mol. The summed E-state index contributed by atoms with van der Waals surface area (Å²) in [6.45, 7) is 7.40. The Balaban J connectivity index is 2.02. The molecule has 38 heavy (non-hydrogen) atoms. The van der Waals surface area contributed by atoms with E-state index in [1.54, 1.807) is 31.2 Å². The van der Waals surface area contributed by atoms with E-state index in [1.807, 2.05) is 45.0 Å². The van der Waals surface area contributed by atoms with Gasteiger partial charge in [0.25, 0.3) is 10.0 Å². The van der Waals surface area contributed by atoms with Crippen LogP contribution in [0.4, 0.5) is 10.1 Å². The Morgan fingerprint density at radius 3 is 2.18 bits per heavy atom. The monoisotopic (exact) mass is 539 g/mol. The molecule has 0 aliphatic carbocycles. The van der Waals surface area contributed by atoms with Gasteiger partial charge in [-0.25, -0.2) is 12.8 Å². The first-order valence-electron chi connectivity index (χ1n) is 12.5. The lowest BCUT2D eigenvalue weighted by molar-refractivity contribution is -0.139. The molecule has 0 aliphatic rings. The van der Waals surface area contributed by atoms with Crippen LogP contribution < -0.4 is 9.62 Å². The number of carbonyl (C=O) groups is 2. The van der Waals surface area contributed by atoms with Crippen LogP contribution in [0.1, 0.15) is 37.0 Å². The number of benzene rings is 3. The quantitative estimate of drug-likeness (QED) is 0.387. The molecule has 7 nitrogen and oxygen atoms in total. The van der Waals surface area contributed by atoms with Crippen LogP contribution >= 0.6 is 0 Å². The largest absolute Gasteiger partial charge is 0.354 e. The molecule has 0 bridgehead atoms. The molecule has 2 amide bonds. The van der Waals surface area contributed by atoms with Crippen molar-refractivity contribution < 1.29 is 22.4 Å². The minimum atomic E-state index is -4.23. The standard InChI is InChI=1S/C29H34FN3O4S/c1-5-18-31-29(35)23(4)32(19-24-9-7-6-8-22(24)3)28(34)20-33(26-14-10-21(2)11-15-26)38(36,37)27-16-12-25(30)13-17-27/h6-17,23H,5,18-20H2,1-4H3,(H,31,35)/t23-/m0/s1. The molecule has 0 unspecified atom stereocenters. The third kappa shape index (κ3) is 6.98. The highest BCUT2D eigenvalue weighted by molar-refractivity contribution is 7.92. The van der Waals surface area contributed by atoms with Gasteiger partial charge in [-0.05, 0) is 74.7 Å². The molecule has 3 rings (SSSR count). The zero-order valence-electron chi connectivity index (χ0n) is 22.1. The third-order valence-corrected chi connectivity index (χ3v) is 8.11. The minimum absolute atomic E-state index is 0.130. The van der Waals surface area contributed by atoms with E-state index in [-0.39, 0.29) is 23.0 Å². The number of carbonyl (C=O) groups excluding carboxylic acids is 2. The van der Waals surface area contributed by atoms with E-state index in [1.165, 1.54) is 17.0 Å². The van der Waals surface area contributed by atoms with Gasteiger partial charge in [0.05, 0.1) is 10.6 Å². The Labute approximate surface area is 224 Å². The van der Waals surface area contributed by atoms with Crippen LogP contribution in [0.2, 0.25) is 0 Å². The molecule has 0 saturated heterocycles. The number of sulfonamides is 1. The molecule has 0 fully saturated rings. The summed E-state index contributed by atoms with van der Waals surface area (Å²) in [5.74, 6) is -1.44. The number of amides is 2. The van der Waals surface area contributed by atoms with Gasteiger partial charge in [-0.15, -0.1) is 0 Å². The van der Waals surface area contributed by atoms with E-state index in [2.05, 4.69) is 5.32 Å². The first-order chi connectivity index (χ1) is 18.0. The Bertz CT molecular complexity index is 1360. The van der Waals surface area contributed by atoms with E-state index >= 15 is 0 Å². The molecule has 3 aromatic rings. The van der Waals surface area contributed by atoms with Crippen molar-refractivity contribution in [1.82, 2.24) is 10.2 Å². The summed E-state index contributed by atoms with van der Waals surface area (Å²) in [7, 11) is -4.23. The second kappa shape index (κ2) is 12.7. The Kier molecular flexibility index (Phi) is 9.63. The van der Waals surface area contributed by atoms with Crippen molar-refractivity contribution >= 4 is 27.5 Å². The van der Waals surface area contributed by atoms with Crippen molar-refractivity contribution in [2.75, 3.05) is 17.4 Å². The van der Waals surface area contributed by atoms with Crippen molar-refractivity contribution in [2.45, 2.75) is 51.6 Å². The predicted octanol–water partition coefficient (Wildman–Crippen LogP) is 4.58. The van der Waals surface area contributed by atoms with Crippen LogP contribution in [0.3, 0.4) is 0 Å². The van der Waals surface area contributed by atoms with E-state index in [4.69, 9.17) is 0 Å². The third-order valence-electron chi connectivity index (χ3n) is 6.32. The fourth-order valence-electron chi connectivity index (χ4n) is 3.92. The van der Waals surface area contributed by atoms with Crippen LogP contribution in [-0.2, 0) is 26.2 Å². The van der Waals surface area contributed by atoms with Gasteiger partial charge in [-0.1, -0.05) is 48.9 Å². The summed E-state index contributed by atoms with van der Waals surface area (Å²) < 4.78 is 41.9. The number of aryl methyl sites for hydroxylation is 2. The molecular weight excluding hydrogens is 505 g/mol. The molecular formula is C29H34FN3O4S. The highest BCUT2D eigenvalue weighted by Gasteiger charge is 2.32. The molecule has 9 heteroatoms. The van der Waals surface area contributed by atoms with Gasteiger partial charge in [-0.2, -0.15) is 0 Å². The Morgan fingerprint density at radius 1 is 0.947 bits per heavy atom. The summed E-state index contributed by atoms with van der Waals surface area (Å²) in [4.78, 5) is 28.0. The maximum Gasteiger partial charge on any atom is 0.264 e. The molecule has 0 radical (unpaired) electrons. The van der Waals surface area contributed by atoms with Gasteiger partial charge in [0.15, 0.2) is 0 Å². The van der Waals surface area contributed by atoms with Crippen LogP contribution in [0, 0.1) is 19.7 Å². The van der Waals surface area contributed by atoms with Gasteiger partial charge >= 0.3 is 0 Å². The maximum absolute atomic E-state index is 13.8. The normalized spacial score (nSPS) is 12.0. The number of rotatable bonds is 11. The van der Waals surface area contributed by atoms with Gasteiger partial charge in [0.2, 0.25) is 11.8 Å². The summed E-state index contributed by atoms with van der Waals surface area (Å²) in [6.07, 6.45) is 0.737.